The van der Waals surface area contributed by atoms with Crippen LogP contribution in [-0.2, 0) is 11.3 Å². The second-order valence-corrected chi connectivity index (χ2v) is 4.93. The van der Waals surface area contributed by atoms with Gasteiger partial charge in [0.25, 0.3) is 0 Å². The third-order valence-corrected chi connectivity index (χ3v) is 3.33. The van der Waals surface area contributed by atoms with Crippen molar-refractivity contribution in [2.24, 2.45) is 0 Å². The van der Waals surface area contributed by atoms with Crippen LogP contribution in [0.25, 0.3) is 11.1 Å². The van der Waals surface area contributed by atoms with E-state index < -0.39 is 17.5 Å². The molecule has 3 aromatic rings. The van der Waals surface area contributed by atoms with Crippen LogP contribution in [0.3, 0.4) is 0 Å². The van der Waals surface area contributed by atoms with Gasteiger partial charge in [0.2, 0.25) is 5.91 Å². The van der Waals surface area contributed by atoms with Gasteiger partial charge in [-0.05, 0) is 36.8 Å². The number of hydrogen-bond acceptors (Lipinski definition) is 3. The second-order valence-electron chi connectivity index (χ2n) is 4.93. The van der Waals surface area contributed by atoms with Crippen molar-refractivity contribution >= 4 is 22.7 Å². The number of aryl methyl sites for hydroxylation is 1. The van der Waals surface area contributed by atoms with Gasteiger partial charge in [0.15, 0.2) is 5.58 Å². The molecule has 0 spiro atoms. The number of benzene rings is 2. The van der Waals surface area contributed by atoms with Gasteiger partial charge in [0.1, 0.15) is 12.4 Å². The number of nitrogens with zero attached hydrogens (tertiary/aromatic N) is 1. The maximum absolute atomic E-state index is 13.5. The Balaban J connectivity index is 1.82. The molecule has 0 aliphatic rings. The van der Waals surface area contributed by atoms with E-state index in [2.05, 4.69) is 5.32 Å². The van der Waals surface area contributed by atoms with Gasteiger partial charge in [-0.25, -0.2) is 9.18 Å². The molecule has 2 aromatic carbocycles. The van der Waals surface area contributed by atoms with Crippen LogP contribution in [-0.4, -0.2) is 10.5 Å². The number of hydrogen-bond donors (Lipinski definition) is 1. The minimum atomic E-state index is -0.605. The van der Waals surface area contributed by atoms with Gasteiger partial charge in [0.05, 0.1) is 5.52 Å². The smallest absolute Gasteiger partial charge is 0.408 e. The molecule has 5 nitrogen and oxygen atoms in total. The normalized spacial score (nSPS) is 10.8. The highest BCUT2D eigenvalue weighted by atomic mass is 19.1. The van der Waals surface area contributed by atoms with Crippen molar-refractivity contribution in [3.8, 4) is 0 Å². The summed E-state index contributed by atoms with van der Waals surface area (Å²) in [6.07, 6.45) is 0. The molecular formula is C16H13FN2O3. The van der Waals surface area contributed by atoms with E-state index in [9.17, 15) is 14.0 Å². The number of fused-ring (bicyclic) bond motifs is 1. The summed E-state index contributed by atoms with van der Waals surface area (Å²) >= 11 is 0. The molecule has 1 aromatic heterocycles. The largest absolute Gasteiger partial charge is 0.420 e. The highest BCUT2D eigenvalue weighted by Gasteiger charge is 2.12. The molecule has 112 valence electrons. The first kappa shape index (κ1) is 14.1. The fourth-order valence-corrected chi connectivity index (χ4v) is 2.18. The van der Waals surface area contributed by atoms with Crippen molar-refractivity contribution in [3.63, 3.8) is 0 Å². The number of oxazole rings is 1. The van der Waals surface area contributed by atoms with Crippen molar-refractivity contribution in [1.29, 1.82) is 0 Å². The van der Waals surface area contributed by atoms with Gasteiger partial charge in [-0.3, -0.25) is 9.36 Å². The molecule has 1 amide bonds. The van der Waals surface area contributed by atoms with Crippen LogP contribution in [0, 0.1) is 12.7 Å². The zero-order chi connectivity index (χ0) is 15.7. The van der Waals surface area contributed by atoms with E-state index >= 15 is 0 Å². The molecule has 0 aliphatic heterocycles. The fourth-order valence-electron chi connectivity index (χ4n) is 2.18. The average molecular weight is 300 g/mol. The Morgan fingerprint density at radius 3 is 2.82 bits per heavy atom. The molecule has 0 saturated heterocycles. The molecule has 6 heteroatoms. The number of anilines is 1. The van der Waals surface area contributed by atoms with Crippen molar-refractivity contribution in [1.82, 2.24) is 4.57 Å². The zero-order valence-corrected chi connectivity index (χ0v) is 11.8. The predicted octanol–water partition coefficient (Wildman–Crippen LogP) is 2.68. The minimum Gasteiger partial charge on any atom is -0.408 e. The van der Waals surface area contributed by atoms with E-state index in [0.29, 0.717) is 22.4 Å². The number of amides is 1. The van der Waals surface area contributed by atoms with Crippen molar-refractivity contribution in [2.75, 3.05) is 5.32 Å². The van der Waals surface area contributed by atoms with Crippen molar-refractivity contribution < 1.29 is 13.6 Å². The molecular weight excluding hydrogens is 287 g/mol. The first-order valence-corrected chi connectivity index (χ1v) is 6.69. The number of carbonyl (C=O) groups excluding carboxylic acids is 1. The summed E-state index contributed by atoms with van der Waals surface area (Å²) in [5.41, 5.74) is 1.79. The number of carbonyl (C=O) groups is 1. The SMILES string of the molecule is Cc1ccc(NC(=O)Cn2c(=O)oc3ccccc32)cc1F. The Morgan fingerprint density at radius 1 is 1.27 bits per heavy atom. The third kappa shape index (κ3) is 2.63. The first-order valence-electron chi connectivity index (χ1n) is 6.69. The molecule has 1 N–H and O–H groups in total. The summed E-state index contributed by atoms with van der Waals surface area (Å²) in [4.78, 5) is 23.8. The number of aromatic nitrogens is 1. The molecule has 1 heterocycles. The molecule has 3 rings (SSSR count). The van der Waals surface area contributed by atoms with Crippen LogP contribution >= 0.6 is 0 Å². The zero-order valence-electron chi connectivity index (χ0n) is 11.8. The molecule has 0 unspecified atom stereocenters. The predicted molar refractivity (Wildman–Crippen MR) is 80.2 cm³/mol. The summed E-state index contributed by atoms with van der Waals surface area (Å²) in [7, 11) is 0. The molecule has 0 aliphatic carbocycles. The van der Waals surface area contributed by atoms with Gasteiger partial charge in [0, 0.05) is 5.69 Å². The highest BCUT2D eigenvalue weighted by Crippen LogP contribution is 2.15. The molecule has 0 bridgehead atoms. The Kier molecular flexibility index (Phi) is 3.50. The van der Waals surface area contributed by atoms with Gasteiger partial charge in [-0.15, -0.1) is 0 Å². The summed E-state index contributed by atoms with van der Waals surface area (Å²) in [6.45, 7) is 1.43. The highest BCUT2D eigenvalue weighted by molar-refractivity contribution is 5.91. The fraction of sp³-hybridized carbons (Fsp3) is 0.125. The molecule has 0 atom stereocenters. The Bertz CT molecular complexity index is 911. The van der Waals surface area contributed by atoms with Crippen LogP contribution in [0.5, 0.6) is 0 Å². The maximum atomic E-state index is 13.5. The Labute approximate surface area is 125 Å². The Morgan fingerprint density at radius 2 is 2.05 bits per heavy atom. The number of halogens is 1. The molecule has 22 heavy (non-hydrogen) atoms. The topological polar surface area (TPSA) is 64.2 Å². The molecule has 0 fully saturated rings. The van der Waals surface area contributed by atoms with Crippen molar-refractivity contribution in [3.05, 3.63) is 64.4 Å². The number of nitrogens with one attached hydrogen (secondary N) is 1. The van der Waals surface area contributed by atoms with E-state index in [1.165, 1.54) is 10.6 Å². The van der Waals surface area contributed by atoms with Gasteiger partial charge < -0.3 is 9.73 Å². The standard InChI is InChI=1S/C16H13FN2O3/c1-10-6-7-11(8-12(10)17)18-15(20)9-19-13-4-2-3-5-14(13)22-16(19)21/h2-8H,9H2,1H3,(H,18,20). The maximum Gasteiger partial charge on any atom is 0.420 e. The number of rotatable bonds is 3. The lowest BCUT2D eigenvalue weighted by Gasteiger charge is -2.06. The van der Waals surface area contributed by atoms with Gasteiger partial charge in [-0.1, -0.05) is 18.2 Å². The monoisotopic (exact) mass is 300 g/mol. The summed E-state index contributed by atoms with van der Waals surface area (Å²) in [6, 6.07) is 11.3. The molecule has 0 radical (unpaired) electrons. The summed E-state index contributed by atoms with van der Waals surface area (Å²) < 4.78 is 19.7. The van der Waals surface area contributed by atoms with E-state index in [1.807, 2.05) is 0 Å². The van der Waals surface area contributed by atoms with Crippen LogP contribution in [0.4, 0.5) is 10.1 Å². The van der Waals surface area contributed by atoms with Crippen LogP contribution in [0.15, 0.2) is 51.7 Å². The van der Waals surface area contributed by atoms with Crippen LogP contribution in [0.2, 0.25) is 0 Å². The quantitative estimate of drug-likeness (QED) is 0.809. The molecule has 0 saturated carbocycles. The summed E-state index contributed by atoms with van der Waals surface area (Å²) in [5, 5.41) is 2.56. The van der Waals surface area contributed by atoms with E-state index in [-0.39, 0.29) is 6.54 Å². The van der Waals surface area contributed by atoms with E-state index in [4.69, 9.17) is 4.42 Å². The number of para-hydroxylation sites is 2. The van der Waals surface area contributed by atoms with Crippen LogP contribution in [0.1, 0.15) is 5.56 Å². The third-order valence-electron chi connectivity index (χ3n) is 3.33. The van der Waals surface area contributed by atoms with E-state index in [1.54, 1.807) is 43.3 Å². The minimum absolute atomic E-state index is 0.203. The lowest BCUT2D eigenvalue weighted by atomic mass is 10.2. The first-order chi connectivity index (χ1) is 10.5. The Hall–Kier alpha value is -2.89. The second kappa shape index (κ2) is 5.48. The van der Waals surface area contributed by atoms with Gasteiger partial charge in [-0.2, -0.15) is 0 Å². The lowest BCUT2D eigenvalue weighted by Crippen LogP contribution is -2.24. The average Bonchev–Trinajstić information content (AvgIpc) is 2.79. The lowest BCUT2D eigenvalue weighted by molar-refractivity contribution is -0.116. The van der Waals surface area contributed by atoms with Crippen LogP contribution < -0.4 is 11.1 Å². The summed E-state index contributed by atoms with van der Waals surface area (Å²) in [5.74, 6) is -1.44. The van der Waals surface area contributed by atoms with Crippen molar-refractivity contribution in [2.45, 2.75) is 13.5 Å². The van der Waals surface area contributed by atoms with Gasteiger partial charge >= 0.3 is 5.76 Å². The van der Waals surface area contributed by atoms with E-state index in [0.717, 1.165) is 0 Å².